The molecule has 10 heavy (non-hydrogen) atoms. The van der Waals surface area contributed by atoms with Gasteiger partial charge in [0.25, 0.3) is 0 Å². The Morgan fingerprint density at radius 1 is 1.50 bits per heavy atom. The Bertz CT molecular complexity index is 114. The molecular weight excluding hydrogens is 136 g/mol. The van der Waals surface area contributed by atoms with Crippen LogP contribution in [0.3, 0.4) is 0 Å². The summed E-state index contributed by atoms with van der Waals surface area (Å²) in [5.74, 6) is 0. The van der Waals surface area contributed by atoms with Gasteiger partial charge in [0.1, 0.15) is 24.9 Å². The summed E-state index contributed by atoms with van der Waals surface area (Å²) < 4.78 is 4.76. The van der Waals surface area contributed by atoms with Gasteiger partial charge in [-0.2, -0.15) is 0 Å². The van der Waals surface area contributed by atoms with Crippen LogP contribution in [0, 0.1) is 6.61 Å². The Hall–Kier alpha value is -0.160. The van der Waals surface area contributed by atoms with Gasteiger partial charge >= 0.3 is 0 Å². The first-order chi connectivity index (χ1) is 4.63. The molecule has 0 spiro atoms. The first-order valence-corrected chi connectivity index (χ1v) is 3.16. The smallest absolute Gasteiger partial charge is 0.115 e. The number of aliphatic hydroxyl groups is 3. The van der Waals surface area contributed by atoms with E-state index in [-0.39, 0.29) is 0 Å². The molecule has 0 aromatic rings. The first-order valence-electron chi connectivity index (χ1n) is 3.16. The van der Waals surface area contributed by atoms with Crippen molar-refractivity contribution >= 4 is 0 Å². The lowest BCUT2D eigenvalue weighted by atomic mass is 10.1. The monoisotopic (exact) mass is 147 g/mol. The van der Waals surface area contributed by atoms with Gasteiger partial charge in [0.15, 0.2) is 0 Å². The van der Waals surface area contributed by atoms with E-state index in [1.54, 1.807) is 0 Å². The van der Waals surface area contributed by atoms with Gasteiger partial charge in [-0.1, -0.05) is 0 Å². The number of rotatable bonds is 1. The highest BCUT2D eigenvalue weighted by atomic mass is 16.5. The normalized spacial score (nSPS) is 43.8. The molecule has 0 saturated carbocycles. The van der Waals surface area contributed by atoms with Gasteiger partial charge in [0.2, 0.25) is 0 Å². The molecular formula is C6H11O4. The third-order valence-electron chi connectivity index (χ3n) is 1.54. The van der Waals surface area contributed by atoms with E-state index in [1.165, 1.54) is 6.92 Å². The zero-order valence-electron chi connectivity index (χ0n) is 5.64. The van der Waals surface area contributed by atoms with Gasteiger partial charge in [-0.25, -0.2) is 0 Å². The maximum absolute atomic E-state index is 9.06. The predicted molar refractivity (Wildman–Crippen MR) is 32.9 cm³/mol. The van der Waals surface area contributed by atoms with Crippen molar-refractivity contribution in [1.82, 2.24) is 0 Å². The van der Waals surface area contributed by atoms with Crippen LogP contribution < -0.4 is 0 Å². The Balaban J connectivity index is 2.49. The molecule has 0 aliphatic carbocycles. The van der Waals surface area contributed by atoms with Crippen LogP contribution in [0.25, 0.3) is 0 Å². The minimum Gasteiger partial charge on any atom is -0.391 e. The van der Waals surface area contributed by atoms with Gasteiger partial charge in [-0.15, -0.1) is 0 Å². The summed E-state index contributed by atoms with van der Waals surface area (Å²) >= 11 is 0. The fourth-order valence-corrected chi connectivity index (χ4v) is 0.926. The predicted octanol–water partition coefficient (Wildman–Crippen LogP) is -1.35. The van der Waals surface area contributed by atoms with Crippen LogP contribution in [0.2, 0.25) is 0 Å². The van der Waals surface area contributed by atoms with E-state index in [1.807, 2.05) is 0 Å². The van der Waals surface area contributed by atoms with Crippen molar-refractivity contribution in [1.29, 1.82) is 0 Å². The lowest BCUT2D eigenvalue weighted by molar-refractivity contribution is -0.0383. The summed E-state index contributed by atoms with van der Waals surface area (Å²) in [5.41, 5.74) is 0. The molecule has 0 aromatic heterocycles. The van der Waals surface area contributed by atoms with Crippen molar-refractivity contribution in [3.8, 4) is 0 Å². The van der Waals surface area contributed by atoms with E-state index in [0.29, 0.717) is 0 Å². The van der Waals surface area contributed by atoms with Gasteiger partial charge in [-0.3, -0.25) is 0 Å². The highest BCUT2D eigenvalue weighted by Crippen LogP contribution is 2.19. The summed E-state index contributed by atoms with van der Waals surface area (Å²) in [6.45, 7) is 2.63. The van der Waals surface area contributed by atoms with Crippen molar-refractivity contribution in [2.75, 3.05) is 0 Å². The molecule has 4 atom stereocenters. The lowest BCUT2D eigenvalue weighted by Gasteiger charge is -2.16. The molecule has 0 bridgehead atoms. The highest BCUT2D eigenvalue weighted by molar-refractivity contribution is 4.92. The van der Waals surface area contributed by atoms with Crippen LogP contribution in [0.4, 0.5) is 0 Å². The molecule has 4 nitrogen and oxygen atoms in total. The molecule has 1 radical (unpaired) electrons. The largest absolute Gasteiger partial charge is 0.391 e. The van der Waals surface area contributed by atoms with E-state index < -0.39 is 24.4 Å². The molecule has 1 saturated heterocycles. The Morgan fingerprint density at radius 3 is 2.30 bits per heavy atom. The molecule has 1 heterocycles. The first kappa shape index (κ1) is 7.94. The molecule has 1 aliphatic rings. The van der Waals surface area contributed by atoms with Crippen LogP contribution >= 0.6 is 0 Å². The highest BCUT2D eigenvalue weighted by Gasteiger charge is 2.37. The zero-order valence-corrected chi connectivity index (χ0v) is 5.64. The van der Waals surface area contributed by atoms with Crippen molar-refractivity contribution in [2.45, 2.75) is 31.3 Å². The second-order valence-corrected chi connectivity index (χ2v) is 2.46. The second kappa shape index (κ2) is 2.84. The molecule has 59 valence electrons. The molecule has 0 unspecified atom stereocenters. The van der Waals surface area contributed by atoms with Crippen LogP contribution in [-0.4, -0.2) is 39.7 Å². The van der Waals surface area contributed by atoms with E-state index in [0.717, 1.165) is 6.61 Å². The Kier molecular flexibility index (Phi) is 2.25. The average Bonchev–Trinajstić information content (AvgIpc) is 2.14. The van der Waals surface area contributed by atoms with Gasteiger partial charge in [-0.05, 0) is 6.92 Å². The van der Waals surface area contributed by atoms with Gasteiger partial charge < -0.3 is 20.1 Å². The summed E-state index contributed by atoms with van der Waals surface area (Å²) in [5, 5.41) is 26.9. The van der Waals surface area contributed by atoms with E-state index in [4.69, 9.17) is 20.1 Å². The maximum atomic E-state index is 9.06. The fourth-order valence-electron chi connectivity index (χ4n) is 0.926. The number of aliphatic hydroxyl groups excluding tert-OH is 3. The standard InChI is InChI=1S/C6H11O4/c1-3(7)6-5(9)4(8)2-10-6/h2-9H,1H3/t3-,4-,5+,6-/m1/s1. The quantitative estimate of drug-likeness (QED) is 0.429. The van der Waals surface area contributed by atoms with Crippen molar-refractivity contribution in [2.24, 2.45) is 0 Å². The van der Waals surface area contributed by atoms with Crippen molar-refractivity contribution < 1.29 is 20.1 Å². The third-order valence-corrected chi connectivity index (χ3v) is 1.54. The second-order valence-electron chi connectivity index (χ2n) is 2.46. The minimum absolute atomic E-state index is 0.685. The topological polar surface area (TPSA) is 69.9 Å². The summed E-state index contributed by atoms with van der Waals surface area (Å²) in [6, 6.07) is 0. The van der Waals surface area contributed by atoms with E-state index in [2.05, 4.69) is 0 Å². The SMILES string of the molecule is C[C@@H](O)[C@H]1O[CH][C@@H](O)[C@@H]1O. The Labute approximate surface area is 59.1 Å². The molecule has 1 fully saturated rings. The number of hydrogen-bond acceptors (Lipinski definition) is 4. The molecule has 0 aromatic carbocycles. The molecule has 1 rings (SSSR count). The van der Waals surface area contributed by atoms with Crippen molar-refractivity contribution in [3.05, 3.63) is 6.61 Å². The summed E-state index contributed by atoms with van der Waals surface area (Å²) in [6.07, 6.45) is -3.42. The fraction of sp³-hybridized carbons (Fsp3) is 0.833. The molecule has 0 amide bonds. The molecule has 3 N–H and O–H groups in total. The van der Waals surface area contributed by atoms with Gasteiger partial charge in [0, 0.05) is 0 Å². The molecule has 1 aliphatic heterocycles. The Morgan fingerprint density at radius 2 is 2.10 bits per heavy atom. The lowest BCUT2D eigenvalue weighted by Crippen LogP contribution is -2.36. The van der Waals surface area contributed by atoms with Crippen LogP contribution in [0.15, 0.2) is 0 Å². The number of hydrogen-bond donors (Lipinski definition) is 3. The summed E-state index contributed by atoms with van der Waals surface area (Å²) in [4.78, 5) is 0. The number of ether oxygens (including phenoxy) is 1. The van der Waals surface area contributed by atoms with E-state index in [9.17, 15) is 0 Å². The minimum atomic E-state index is -1.00. The van der Waals surface area contributed by atoms with Crippen LogP contribution in [-0.2, 0) is 4.74 Å². The third kappa shape index (κ3) is 1.29. The van der Waals surface area contributed by atoms with Crippen LogP contribution in [0.1, 0.15) is 6.92 Å². The van der Waals surface area contributed by atoms with Crippen molar-refractivity contribution in [3.63, 3.8) is 0 Å². The zero-order chi connectivity index (χ0) is 7.72. The maximum Gasteiger partial charge on any atom is 0.115 e. The average molecular weight is 147 g/mol. The molecule has 4 heteroatoms. The summed E-state index contributed by atoms with van der Waals surface area (Å²) in [7, 11) is 0. The van der Waals surface area contributed by atoms with Crippen LogP contribution in [0.5, 0.6) is 0 Å². The van der Waals surface area contributed by atoms with Gasteiger partial charge in [0.05, 0.1) is 6.10 Å². The van der Waals surface area contributed by atoms with E-state index >= 15 is 0 Å².